The monoisotopic (exact) mass is 356 g/mol. The summed E-state index contributed by atoms with van der Waals surface area (Å²) in [6.07, 6.45) is 1.61. The van der Waals surface area contributed by atoms with Crippen LogP contribution in [0.4, 0.5) is 23.1 Å². The lowest BCUT2D eigenvalue weighted by molar-refractivity contribution is 0.174. The Labute approximate surface area is 148 Å². The third-order valence-corrected chi connectivity index (χ3v) is 3.81. The zero-order valence-electron chi connectivity index (χ0n) is 12.9. The summed E-state index contributed by atoms with van der Waals surface area (Å²) in [6.45, 7) is 0.151. The number of fused-ring (bicyclic) bond motifs is 1. The summed E-state index contributed by atoms with van der Waals surface area (Å²) >= 11 is 6.26. The molecule has 1 aliphatic heterocycles. The Morgan fingerprint density at radius 1 is 1.08 bits per heavy atom. The molecule has 1 aromatic heterocycles. The fraction of sp³-hybridized carbons (Fsp3) is 0.0588. The van der Waals surface area contributed by atoms with Crippen molar-refractivity contribution in [2.45, 2.75) is 0 Å². The minimum Gasteiger partial charge on any atom is -0.508 e. The van der Waals surface area contributed by atoms with Crippen LogP contribution in [0.2, 0.25) is 5.02 Å². The highest BCUT2D eigenvalue weighted by atomic mass is 35.5. The molecule has 0 spiro atoms. The van der Waals surface area contributed by atoms with Gasteiger partial charge in [0, 0.05) is 18.0 Å². The molecule has 0 saturated heterocycles. The minimum absolute atomic E-state index is 0.151. The molecule has 0 bridgehead atoms. The van der Waals surface area contributed by atoms with Crippen molar-refractivity contribution in [3.05, 3.63) is 53.7 Å². The van der Waals surface area contributed by atoms with Gasteiger partial charge in [-0.25, -0.2) is 4.98 Å². The Balaban J connectivity index is 1.60. The lowest BCUT2D eigenvalue weighted by atomic mass is 10.2. The van der Waals surface area contributed by atoms with E-state index in [1.54, 1.807) is 48.7 Å². The van der Waals surface area contributed by atoms with Gasteiger partial charge in [0.05, 0.1) is 5.02 Å². The molecule has 4 rings (SSSR count). The molecule has 0 saturated carbocycles. The van der Waals surface area contributed by atoms with Crippen LogP contribution in [0, 0.1) is 0 Å². The molecule has 25 heavy (non-hydrogen) atoms. The maximum atomic E-state index is 9.53. The van der Waals surface area contributed by atoms with Crippen LogP contribution < -0.4 is 20.1 Å². The van der Waals surface area contributed by atoms with Crippen LogP contribution >= 0.6 is 11.6 Å². The second-order valence-corrected chi connectivity index (χ2v) is 5.63. The molecule has 2 aromatic carbocycles. The summed E-state index contributed by atoms with van der Waals surface area (Å²) in [4.78, 5) is 8.56. The summed E-state index contributed by atoms with van der Waals surface area (Å²) in [5.74, 6) is 2.23. The van der Waals surface area contributed by atoms with E-state index in [1.807, 2.05) is 0 Å². The Hall–Kier alpha value is -3.19. The predicted octanol–water partition coefficient (Wildman–Crippen LogP) is 4.05. The van der Waals surface area contributed by atoms with E-state index in [4.69, 9.17) is 21.1 Å². The average Bonchev–Trinajstić information content (AvgIpc) is 3.07. The number of ether oxygens (including phenoxy) is 2. The summed E-state index contributed by atoms with van der Waals surface area (Å²) < 4.78 is 10.8. The first-order chi connectivity index (χ1) is 12.2. The van der Waals surface area contributed by atoms with Crippen molar-refractivity contribution in [2.24, 2.45) is 0 Å². The molecular weight excluding hydrogens is 344 g/mol. The fourth-order valence-electron chi connectivity index (χ4n) is 2.39. The number of phenolic OH excluding ortho intramolecular Hbond substituents is 1. The van der Waals surface area contributed by atoms with Gasteiger partial charge >= 0.3 is 0 Å². The van der Waals surface area contributed by atoms with Gasteiger partial charge in [0.1, 0.15) is 17.3 Å². The van der Waals surface area contributed by atoms with Crippen LogP contribution in [-0.2, 0) is 0 Å². The molecule has 7 nitrogen and oxygen atoms in total. The van der Waals surface area contributed by atoms with Gasteiger partial charge in [0.2, 0.25) is 12.7 Å². The van der Waals surface area contributed by atoms with E-state index in [2.05, 4.69) is 20.6 Å². The molecule has 1 aliphatic rings. The third-order valence-electron chi connectivity index (χ3n) is 3.50. The van der Waals surface area contributed by atoms with E-state index in [1.165, 1.54) is 0 Å². The maximum Gasteiger partial charge on any atom is 0.231 e. The van der Waals surface area contributed by atoms with Gasteiger partial charge in [-0.1, -0.05) is 17.7 Å². The molecule has 3 N–H and O–H groups in total. The number of benzene rings is 2. The maximum absolute atomic E-state index is 9.53. The summed E-state index contributed by atoms with van der Waals surface area (Å²) in [5, 5.41) is 16.2. The second-order valence-electron chi connectivity index (χ2n) is 5.22. The van der Waals surface area contributed by atoms with Gasteiger partial charge in [-0.2, -0.15) is 4.98 Å². The third kappa shape index (κ3) is 3.22. The van der Waals surface area contributed by atoms with Gasteiger partial charge < -0.3 is 25.2 Å². The molecule has 8 heteroatoms. The fourth-order valence-corrected chi connectivity index (χ4v) is 2.59. The molecule has 0 radical (unpaired) electrons. The Morgan fingerprint density at radius 3 is 2.88 bits per heavy atom. The van der Waals surface area contributed by atoms with Crippen molar-refractivity contribution in [1.82, 2.24) is 9.97 Å². The molecule has 0 unspecified atom stereocenters. The van der Waals surface area contributed by atoms with E-state index in [0.29, 0.717) is 39.7 Å². The van der Waals surface area contributed by atoms with E-state index < -0.39 is 0 Å². The zero-order valence-corrected chi connectivity index (χ0v) is 13.6. The summed E-state index contributed by atoms with van der Waals surface area (Å²) in [7, 11) is 0. The molecule has 0 fully saturated rings. The largest absolute Gasteiger partial charge is 0.508 e. The second kappa shape index (κ2) is 6.37. The van der Waals surface area contributed by atoms with Crippen LogP contribution in [0.15, 0.2) is 48.7 Å². The summed E-state index contributed by atoms with van der Waals surface area (Å²) in [5.41, 5.74) is 1.26. The predicted molar refractivity (Wildman–Crippen MR) is 94.3 cm³/mol. The van der Waals surface area contributed by atoms with Crippen molar-refractivity contribution >= 4 is 34.7 Å². The number of aromatic nitrogens is 2. The number of nitrogens with one attached hydrogen (secondary N) is 2. The van der Waals surface area contributed by atoms with Crippen molar-refractivity contribution < 1.29 is 14.6 Å². The number of anilines is 4. The van der Waals surface area contributed by atoms with E-state index in [9.17, 15) is 5.11 Å². The Morgan fingerprint density at radius 2 is 2.00 bits per heavy atom. The summed E-state index contributed by atoms with van der Waals surface area (Å²) in [6, 6.07) is 11.9. The van der Waals surface area contributed by atoms with Crippen LogP contribution in [0.25, 0.3) is 0 Å². The quantitative estimate of drug-likeness (QED) is 0.649. The van der Waals surface area contributed by atoms with Crippen LogP contribution in [-0.4, -0.2) is 21.9 Å². The van der Waals surface area contributed by atoms with Crippen LogP contribution in [0.3, 0.4) is 0 Å². The molecule has 2 heterocycles. The number of halogens is 1. The van der Waals surface area contributed by atoms with Gasteiger partial charge in [-0.15, -0.1) is 0 Å². The standard InChI is InChI=1S/C17H13ClN4O3/c18-12-4-5-13-16(25-9-24-13)15(12)21-14-6-7-19-17(22-14)20-10-2-1-3-11(23)8-10/h1-8,23H,9H2,(H2,19,20,21,22). The number of rotatable bonds is 4. The smallest absolute Gasteiger partial charge is 0.231 e. The highest BCUT2D eigenvalue weighted by Crippen LogP contribution is 2.44. The SMILES string of the molecule is Oc1cccc(Nc2nccc(Nc3c(Cl)ccc4c3OCO4)n2)c1. The van der Waals surface area contributed by atoms with E-state index in [-0.39, 0.29) is 12.5 Å². The normalized spacial score (nSPS) is 12.0. The molecule has 0 aliphatic carbocycles. The zero-order chi connectivity index (χ0) is 17.2. The Kier molecular flexibility index (Phi) is 3.91. The highest BCUT2D eigenvalue weighted by molar-refractivity contribution is 6.33. The molecule has 3 aromatic rings. The number of hydrogen-bond acceptors (Lipinski definition) is 7. The highest BCUT2D eigenvalue weighted by Gasteiger charge is 2.20. The van der Waals surface area contributed by atoms with Crippen molar-refractivity contribution in [1.29, 1.82) is 0 Å². The number of phenols is 1. The molecular formula is C17H13ClN4O3. The van der Waals surface area contributed by atoms with Crippen molar-refractivity contribution in [2.75, 3.05) is 17.4 Å². The Bertz CT molecular complexity index is 936. The topological polar surface area (TPSA) is 88.5 Å². The minimum atomic E-state index is 0.151. The van der Waals surface area contributed by atoms with Crippen LogP contribution in [0.1, 0.15) is 0 Å². The number of hydrogen-bond donors (Lipinski definition) is 3. The first kappa shape index (κ1) is 15.3. The van der Waals surface area contributed by atoms with E-state index >= 15 is 0 Å². The van der Waals surface area contributed by atoms with Gasteiger partial charge in [-0.3, -0.25) is 0 Å². The lowest BCUT2D eigenvalue weighted by Crippen LogP contribution is -2.01. The lowest BCUT2D eigenvalue weighted by Gasteiger charge is -2.11. The first-order valence-electron chi connectivity index (χ1n) is 7.43. The number of aromatic hydroxyl groups is 1. The molecule has 0 amide bonds. The van der Waals surface area contributed by atoms with Gasteiger partial charge in [-0.05, 0) is 30.3 Å². The van der Waals surface area contributed by atoms with Gasteiger partial charge in [0.15, 0.2) is 11.5 Å². The first-order valence-corrected chi connectivity index (χ1v) is 7.81. The molecule has 0 atom stereocenters. The molecule has 126 valence electrons. The number of nitrogens with zero attached hydrogens (tertiary/aromatic N) is 2. The van der Waals surface area contributed by atoms with Crippen LogP contribution in [0.5, 0.6) is 17.2 Å². The average molecular weight is 357 g/mol. The van der Waals surface area contributed by atoms with Crippen molar-refractivity contribution in [3.8, 4) is 17.2 Å². The van der Waals surface area contributed by atoms with E-state index in [0.717, 1.165) is 0 Å². The van der Waals surface area contributed by atoms with Gasteiger partial charge in [0.25, 0.3) is 0 Å². The van der Waals surface area contributed by atoms with Crippen molar-refractivity contribution in [3.63, 3.8) is 0 Å².